The molecule has 0 spiro atoms. The van der Waals surface area contributed by atoms with E-state index in [4.69, 9.17) is 28.8 Å². The first-order chi connectivity index (χ1) is 15.7. The van der Waals surface area contributed by atoms with E-state index < -0.39 is 112 Å². The molecular formula is C18H32O15. The van der Waals surface area contributed by atoms with E-state index >= 15 is 0 Å². The van der Waals surface area contributed by atoms with E-state index in [-0.39, 0.29) is 0 Å². The van der Waals surface area contributed by atoms with Crippen LogP contribution in [-0.4, -0.2) is 163 Å². The number of fused-ring (bicyclic) bond motifs is 1. The molecule has 0 bridgehead atoms. The first-order valence-electron chi connectivity index (χ1n) is 10.5. The van der Waals surface area contributed by atoms with Gasteiger partial charge >= 0.3 is 0 Å². The van der Waals surface area contributed by atoms with Crippen LogP contribution in [0.1, 0.15) is 0 Å². The lowest BCUT2D eigenvalue weighted by Crippen LogP contribution is -2.61. The summed E-state index contributed by atoms with van der Waals surface area (Å²) in [6.07, 6.45) is -19.5. The molecule has 3 rings (SSSR count). The van der Waals surface area contributed by atoms with Crippen LogP contribution in [0.3, 0.4) is 0 Å². The standard InChI is InChI=1S/C18H32O15/c19-1-5(23)9(25)13(6(24)2-20)32-18-16-15(31-16)14(8(4-22)30-18)33-17-12(28)11(27)10(26)7(3-21)29-17/h5-28H,1-4H2/t5-,6+,7+,8+,9+,10+,11-,12+,13+,14+,15+,16+,17+,18+/m0/s1. The van der Waals surface area contributed by atoms with E-state index in [0.717, 1.165) is 0 Å². The minimum Gasteiger partial charge on any atom is -0.394 e. The van der Waals surface area contributed by atoms with Gasteiger partial charge < -0.3 is 74.7 Å². The lowest BCUT2D eigenvalue weighted by Gasteiger charge is -2.42. The van der Waals surface area contributed by atoms with Gasteiger partial charge in [-0.25, -0.2) is 0 Å². The molecule has 15 heteroatoms. The van der Waals surface area contributed by atoms with Gasteiger partial charge in [0, 0.05) is 0 Å². The molecule has 0 saturated carbocycles. The van der Waals surface area contributed by atoms with Crippen LogP contribution in [0.15, 0.2) is 0 Å². The van der Waals surface area contributed by atoms with E-state index in [1.165, 1.54) is 0 Å². The number of hydrogen-bond acceptors (Lipinski definition) is 15. The van der Waals surface area contributed by atoms with Crippen LogP contribution in [0.4, 0.5) is 0 Å². The average Bonchev–Trinajstić information content (AvgIpc) is 3.63. The zero-order chi connectivity index (χ0) is 24.4. The number of aliphatic hydroxyl groups excluding tert-OH is 10. The third-order valence-corrected chi connectivity index (χ3v) is 5.92. The van der Waals surface area contributed by atoms with Gasteiger partial charge in [-0.2, -0.15) is 0 Å². The largest absolute Gasteiger partial charge is 0.394 e. The molecule has 15 nitrogen and oxygen atoms in total. The Morgan fingerprint density at radius 1 is 0.667 bits per heavy atom. The summed E-state index contributed by atoms with van der Waals surface area (Å²) in [6, 6.07) is 0. The zero-order valence-electron chi connectivity index (χ0n) is 17.4. The number of epoxide rings is 1. The molecule has 3 aliphatic heterocycles. The van der Waals surface area contributed by atoms with Crippen LogP contribution in [0.25, 0.3) is 0 Å². The molecule has 0 aromatic heterocycles. The molecule has 0 aromatic rings. The Labute approximate surface area is 187 Å². The van der Waals surface area contributed by atoms with Crippen molar-refractivity contribution >= 4 is 0 Å². The van der Waals surface area contributed by atoms with Crippen molar-refractivity contribution < 1.29 is 74.7 Å². The van der Waals surface area contributed by atoms with Crippen molar-refractivity contribution in [3.8, 4) is 0 Å². The monoisotopic (exact) mass is 488 g/mol. The van der Waals surface area contributed by atoms with E-state index in [0.29, 0.717) is 0 Å². The minimum atomic E-state index is -1.80. The van der Waals surface area contributed by atoms with E-state index in [1.54, 1.807) is 0 Å². The summed E-state index contributed by atoms with van der Waals surface area (Å²) in [5.41, 5.74) is 0. The third kappa shape index (κ3) is 5.64. The second-order valence-corrected chi connectivity index (χ2v) is 8.18. The van der Waals surface area contributed by atoms with Gasteiger partial charge in [0.1, 0.15) is 73.2 Å². The molecule has 3 fully saturated rings. The van der Waals surface area contributed by atoms with Gasteiger partial charge in [0.05, 0.1) is 26.4 Å². The maximum atomic E-state index is 10.2. The SMILES string of the molecule is OC[C@@H](O)[C@@H](O[C@H]1O[C@H](CO)[C@@H](O[C@H]2O[C@H](CO)[C@@H](O)[C@H](O)[C@H]2O)[C@H]2O[C@@H]12)[C@H](O)[C@@H](O)CO. The third-order valence-electron chi connectivity index (χ3n) is 5.92. The Morgan fingerprint density at radius 3 is 1.85 bits per heavy atom. The normalized spacial score (nSPS) is 44.5. The predicted molar refractivity (Wildman–Crippen MR) is 100 cm³/mol. The van der Waals surface area contributed by atoms with E-state index in [9.17, 15) is 46.0 Å². The molecular weight excluding hydrogens is 456 g/mol. The summed E-state index contributed by atoms with van der Waals surface area (Å²) in [6.45, 7) is -2.98. The van der Waals surface area contributed by atoms with Gasteiger partial charge in [-0.3, -0.25) is 0 Å². The van der Waals surface area contributed by atoms with Gasteiger partial charge in [-0.05, 0) is 0 Å². The molecule has 3 saturated heterocycles. The van der Waals surface area contributed by atoms with Crippen molar-refractivity contribution in [3.05, 3.63) is 0 Å². The van der Waals surface area contributed by atoms with Crippen molar-refractivity contribution in [1.82, 2.24) is 0 Å². The van der Waals surface area contributed by atoms with Crippen LogP contribution in [0.2, 0.25) is 0 Å². The quantitative estimate of drug-likeness (QED) is 0.121. The highest BCUT2D eigenvalue weighted by Gasteiger charge is 2.61. The Balaban J connectivity index is 1.67. The van der Waals surface area contributed by atoms with Crippen molar-refractivity contribution in [2.75, 3.05) is 26.4 Å². The van der Waals surface area contributed by atoms with Crippen molar-refractivity contribution in [2.45, 2.75) is 85.8 Å². The summed E-state index contributed by atoms with van der Waals surface area (Å²) in [4.78, 5) is 0. The summed E-state index contributed by atoms with van der Waals surface area (Å²) in [7, 11) is 0. The molecule has 33 heavy (non-hydrogen) atoms. The van der Waals surface area contributed by atoms with Crippen LogP contribution in [-0.2, 0) is 23.7 Å². The minimum absolute atomic E-state index is 0.635. The Morgan fingerprint density at radius 2 is 1.27 bits per heavy atom. The highest BCUT2D eigenvalue weighted by atomic mass is 16.8. The maximum Gasteiger partial charge on any atom is 0.187 e. The van der Waals surface area contributed by atoms with Gasteiger partial charge in [0.2, 0.25) is 0 Å². The molecule has 3 aliphatic rings. The molecule has 0 amide bonds. The highest BCUT2D eigenvalue weighted by Crippen LogP contribution is 2.41. The lowest BCUT2D eigenvalue weighted by atomic mass is 9.98. The van der Waals surface area contributed by atoms with Gasteiger partial charge in [-0.1, -0.05) is 0 Å². The zero-order valence-corrected chi connectivity index (χ0v) is 17.4. The van der Waals surface area contributed by atoms with Crippen LogP contribution >= 0.6 is 0 Å². The summed E-state index contributed by atoms with van der Waals surface area (Å²) in [5, 5.41) is 97.1. The Kier molecular flexibility index (Phi) is 9.35. The smallest absolute Gasteiger partial charge is 0.187 e. The first-order valence-corrected chi connectivity index (χ1v) is 10.5. The molecule has 0 radical (unpaired) electrons. The average molecular weight is 488 g/mol. The van der Waals surface area contributed by atoms with E-state index in [2.05, 4.69) is 0 Å². The van der Waals surface area contributed by atoms with Crippen LogP contribution in [0.5, 0.6) is 0 Å². The fourth-order valence-corrected chi connectivity index (χ4v) is 3.90. The molecule has 194 valence electrons. The van der Waals surface area contributed by atoms with Gasteiger partial charge in [0.25, 0.3) is 0 Å². The number of rotatable bonds is 11. The lowest BCUT2D eigenvalue weighted by molar-refractivity contribution is -0.332. The summed E-state index contributed by atoms with van der Waals surface area (Å²) >= 11 is 0. The van der Waals surface area contributed by atoms with Crippen molar-refractivity contribution in [3.63, 3.8) is 0 Å². The summed E-state index contributed by atoms with van der Waals surface area (Å²) in [5.74, 6) is 0. The number of aliphatic hydroxyl groups is 10. The molecule has 0 aliphatic carbocycles. The molecule has 14 atom stereocenters. The first kappa shape index (κ1) is 27.0. The second-order valence-electron chi connectivity index (χ2n) is 8.18. The Bertz CT molecular complexity index is 609. The van der Waals surface area contributed by atoms with Crippen molar-refractivity contribution in [2.24, 2.45) is 0 Å². The topological polar surface area (TPSA) is 252 Å². The maximum absolute atomic E-state index is 10.2. The molecule has 0 unspecified atom stereocenters. The number of hydrogen-bond donors (Lipinski definition) is 10. The second kappa shape index (κ2) is 11.4. The highest BCUT2D eigenvalue weighted by molar-refractivity contribution is 5.03. The van der Waals surface area contributed by atoms with Gasteiger partial charge in [0.15, 0.2) is 12.6 Å². The van der Waals surface area contributed by atoms with E-state index in [1.807, 2.05) is 0 Å². The van der Waals surface area contributed by atoms with Gasteiger partial charge in [-0.15, -0.1) is 0 Å². The predicted octanol–water partition coefficient (Wildman–Crippen LogP) is -6.89. The van der Waals surface area contributed by atoms with Crippen LogP contribution < -0.4 is 0 Å². The molecule has 0 aromatic carbocycles. The molecule has 3 heterocycles. The fraction of sp³-hybridized carbons (Fsp3) is 1.00. The van der Waals surface area contributed by atoms with Crippen molar-refractivity contribution in [1.29, 1.82) is 0 Å². The fourth-order valence-electron chi connectivity index (χ4n) is 3.90. The summed E-state index contributed by atoms with van der Waals surface area (Å²) < 4.78 is 27.5. The molecule has 10 N–H and O–H groups in total. The number of ether oxygens (including phenoxy) is 5. The Hall–Kier alpha value is -0.600. The van der Waals surface area contributed by atoms with Crippen LogP contribution in [0, 0.1) is 0 Å².